The first-order valence-electron chi connectivity index (χ1n) is 6.94. The largest absolute Gasteiger partial charge is 0.484 e. The van der Waals surface area contributed by atoms with Crippen LogP contribution in [-0.4, -0.2) is 24.7 Å². The van der Waals surface area contributed by atoms with Gasteiger partial charge < -0.3 is 14.8 Å². The predicted molar refractivity (Wildman–Crippen MR) is 78.1 cm³/mol. The minimum atomic E-state index is -0.875. The van der Waals surface area contributed by atoms with Crippen LogP contribution in [0.2, 0.25) is 5.02 Å². The van der Waals surface area contributed by atoms with Gasteiger partial charge in [-0.1, -0.05) is 18.0 Å². The second-order valence-corrected chi connectivity index (χ2v) is 5.50. The molecule has 0 spiro atoms. The van der Waals surface area contributed by atoms with E-state index < -0.39 is 5.72 Å². The Hall–Kier alpha value is -1.75. The van der Waals surface area contributed by atoms with Crippen molar-refractivity contribution in [3.05, 3.63) is 29.3 Å². The molecule has 0 atom stereocenters. The summed E-state index contributed by atoms with van der Waals surface area (Å²) in [5, 5.41) is 3.38. The van der Waals surface area contributed by atoms with Gasteiger partial charge in [0.2, 0.25) is 0 Å². The lowest BCUT2D eigenvalue weighted by Gasteiger charge is -2.35. The molecule has 0 saturated heterocycles. The number of hydrogen-bond acceptors (Lipinski definition) is 4. The van der Waals surface area contributed by atoms with Gasteiger partial charge in [-0.05, 0) is 37.1 Å². The van der Waals surface area contributed by atoms with Crippen LogP contribution in [0.15, 0.2) is 24.3 Å². The molecule has 2 rings (SSSR count). The summed E-state index contributed by atoms with van der Waals surface area (Å²) in [6.07, 6.45) is 4.20. The van der Waals surface area contributed by atoms with Gasteiger partial charge in [0.1, 0.15) is 5.75 Å². The zero-order valence-corrected chi connectivity index (χ0v) is 12.4. The number of carbonyl (C=O) groups excluding carboxylic acids is 2. The predicted octanol–water partition coefficient (Wildman–Crippen LogP) is 2.67. The molecule has 5 nitrogen and oxygen atoms in total. The smallest absolute Gasteiger partial charge is 0.295 e. The van der Waals surface area contributed by atoms with E-state index in [-0.39, 0.29) is 12.5 Å². The molecule has 0 unspecified atom stereocenters. The molecule has 0 radical (unpaired) electrons. The fraction of sp³-hybridized carbons (Fsp3) is 0.467. The minimum absolute atomic E-state index is 0.133. The minimum Gasteiger partial charge on any atom is -0.484 e. The number of halogens is 1. The maximum atomic E-state index is 12.0. The second kappa shape index (κ2) is 7.31. The summed E-state index contributed by atoms with van der Waals surface area (Å²) in [6.45, 7) is 0.261. The Bertz CT molecular complexity index is 483. The Labute approximate surface area is 128 Å². The zero-order chi connectivity index (χ0) is 15.1. The third-order valence-corrected chi connectivity index (χ3v) is 3.74. The molecule has 1 N–H and O–H groups in total. The van der Waals surface area contributed by atoms with E-state index in [1.807, 2.05) is 0 Å². The number of hydrogen-bond donors (Lipinski definition) is 1. The molecule has 1 aliphatic carbocycles. The summed E-state index contributed by atoms with van der Waals surface area (Å²) in [5.41, 5.74) is -0.875. The maximum absolute atomic E-state index is 12.0. The SMILES string of the molecule is O=COC1(NC(=O)COc2ccc(Cl)cc2)CCCCC1. The van der Waals surface area contributed by atoms with Crippen LogP contribution in [-0.2, 0) is 14.3 Å². The standard InChI is InChI=1S/C15H18ClNO4/c16-12-4-6-13(7-5-12)20-10-14(19)17-15(21-11-18)8-2-1-3-9-15/h4-7,11H,1-3,8-10H2,(H,17,19). The number of nitrogens with one attached hydrogen (secondary N) is 1. The summed E-state index contributed by atoms with van der Waals surface area (Å²) in [6, 6.07) is 6.75. The quantitative estimate of drug-likeness (QED) is 0.648. The number of benzene rings is 1. The van der Waals surface area contributed by atoms with Gasteiger partial charge in [-0.25, -0.2) is 0 Å². The van der Waals surface area contributed by atoms with Crippen LogP contribution >= 0.6 is 11.6 Å². The summed E-state index contributed by atoms with van der Waals surface area (Å²) in [4.78, 5) is 22.6. The molecular formula is C15H18ClNO4. The summed E-state index contributed by atoms with van der Waals surface area (Å²) < 4.78 is 10.5. The number of ether oxygens (including phenoxy) is 2. The molecule has 21 heavy (non-hydrogen) atoms. The second-order valence-electron chi connectivity index (χ2n) is 5.06. The molecule has 1 saturated carbocycles. The van der Waals surface area contributed by atoms with Crippen LogP contribution in [0.25, 0.3) is 0 Å². The fourth-order valence-electron chi connectivity index (χ4n) is 2.46. The molecule has 1 amide bonds. The lowest BCUT2D eigenvalue weighted by atomic mass is 9.91. The van der Waals surface area contributed by atoms with Crippen molar-refractivity contribution in [1.29, 1.82) is 0 Å². The van der Waals surface area contributed by atoms with E-state index >= 15 is 0 Å². The van der Waals surface area contributed by atoms with E-state index in [0.717, 1.165) is 19.3 Å². The van der Waals surface area contributed by atoms with Crippen molar-refractivity contribution < 1.29 is 19.1 Å². The van der Waals surface area contributed by atoms with Crippen LogP contribution in [0.3, 0.4) is 0 Å². The van der Waals surface area contributed by atoms with Gasteiger partial charge in [0, 0.05) is 17.9 Å². The molecule has 114 valence electrons. The average Bonchev–Trinajstić information content (AvgIpc) is 2.48. The highest BCUT2D eigenvalue weighted by Gasteiger charge is 2.35. The molecule has 1 aromatic carbocycles. The Morgan fingerprint density at radius 3 is 2.52 bits per heavy atom. The fourth-order valence-corrected chi connectivity index (χ4v) is 2.58. The molecule has 0 bridgehead atoms. The topological polar surface area (TPSA) is 64.6 Å². The molecule has 0 aromatic heterocycles. The Morgan fingerprint density at radius 1 is 1.24 bits per heavy atom. The number of amides is 1. The molecule has 0 heterocycles. The van der Waals surface area contributed by atoms with Crippen molar-refractivity contribution in [2.24, 2.45) is 0 Å². The van der Waals surface area contributed by atoms with Crippen molar-refractivity contribution in [1.82, 2.24) is 5.32 Å². The van der Waals surface area contributed by atoms with Crippen LogP contribution in [0, 0.1) is 0 Å². The van der Waals surface area contributed by atoms with Gasteiger partial charge in [0.15, 0.2) is 12.3 Å². The molecule has 1 aliphatic rings. The van der Waals surface area contributed by atoms with E-state index in [2.05, 4.69) is 5.32 Å². The summed E-state index contributed by atoms with van der Waals surface area (Å²) in [7, 11) is 0. The first-order chi connectivity index (χ1) is 10.1. The maximum Gasteiger partial charge on any atom is 0.295 e. The average molecular weight is 312 g/mol. The van der Waals surface area contributed by atoms with E-state index in [4.69, 9.17) is 21.1 Å². The summed E-state index contributed by atoms with van der Waals surface area (Å²) >= 11 is 5.77. The normalized spacial score (nSPS) is 16.8. The van der Waals surface area contributed by atoms with Gasteiger partial charge in [-0.3, -0.25) is 9.59 Å². The number of rotatable bonds is 6. The van der Waals surface area contributed by atoms with Crippen molar-refractivity contribution in [3.8, 4) is 5.75 Å². The summed E-state index contributed by atoms with van der Waals surface area (Å²) in [5.74, 6) is 0.247. The Kier molecular flexibility index (Phi) is 5.44. The third-order valence-electron chi connectivity index (χ3n) is 3.49. The van der Waals surface area contributed by atoms with Crippen molar-refractivity contribution in [2.75, 3.05) is 6.61 Å². The van der Waals surface area contributed by atoms with E-state index in [1.165, 1.54) is 0 Å². The monoisotopic (exact) mass is 311 g/mol. The van der Waals surface area contributed by atoms with Crippen molar-refractivity contribution in [3.63, 3.8) is 0 Å². The van der Waals surface area contributed by atoms with Gasteiger partial charge in [0.25, 0.3) is 12.4 Å². The van der Waals surface area contributed by atoms with Crippen LogP contribution in [0.4, 0.5) is 0 Å². The first kappa shape index (κ1) is 15.6. The van der Waals surface area contributed by atoms with Crippen molar-refractivity contribution in [2.45, 2.75) is 37.8 Å². The van der Waals surface area contributed by atoms with E-state index in [9.17, 15) is 9.59 Å². The molecule has 6 heteroatoms. The van der Waals surface area contributed by atoms with Crippen LogP contribution in [0.5, 0.6) is 5.75 Å². The Balaban J connectivity index is 1.87. The molecular weight excluding hydrogens is 294 g/mol. The lowest BCUT2D eigenvalue weighted by Crippen LogP contribution is -2.53. The van der Waals surface area contributed by atoms with E-state index in [0.29, 0.717) is 30.1 Å². The molecule has 1 fully saturated rings. The Morgan fingerprint density at radius 2 is 1.90 bits per heavy atom. The number of carbonyl (C=O) groups is 2. The van der Waals surface area contributed by atoms with Crippen LogP contribution in [0.1, 0.15) is 32.1 Å². The first-order valence-corrected chi connectivity index (χ1v) is 7.32. The third kappa shape index (κ3) is 4.63. The highest BCUT2D eigenvalue weighted by atomic mass is 35.5. The highest BCUT2D eigenvalue weighted by molar-refractivity contribution is 6.30. The lowest BCUT2D eigenvalue weighted by molar-refractivity contribution is -0.156. The van der Waals surface area contributed by atoms with Gasteiger partial charge in [-0.15, -0.1) is 0 Å². The van der Waals surface area contributed by atoms with Crippen LogP contribution < -0.4 is 10.1 Å². The van der Waals surface area contributed by atoms with Gasteiger partial charge in [0.05, 0.1) is 0 Å². The zero-order valence-electron chi connectivity index (χ0n) is 11.6. The van der Waals surface area contributed by atoms with Crippen molar-refractivity contribution >= 4 is 24.0 Å². The molecule has 1 aromatic rings. The van der Waals surface area contributed by atoms with E-state index in [1.54, 1.807) is 24.3 Å². The highest BCUT2D eigenvalue weighted by Crippen LogP contribution is 2.28. The van der Waals surface area contributed by atoms with Gasteiger partial charge in [-0.2, -0.15) is 0 Å². The van der Waals surface area contributed by atoms with Gasteiger partial charge >= 0.3 is 0 Å². The molecule has 0 aliphatic heterocycles.